The van der Waals surface area contributed by atoms with Crippen LogP contribution in [-0.2, 0) is 4.79 Å². The van der Waals surface area contributed by atoms with Crippen molar-refractivity contribution < 1.29 is 23.7 Å². The zero-order valence-electron chi connectivity index (χ0n) is 11.6. The van der Waals surface area contributed by atoms with E-state index in [0.29, 0.717) is 36.2 Å². The van der Waals surface area contributed by atoms with Crippen molar-refractivity contribution in [3.8, 4) is 23.0 Å². The average molecular weight is 412 g/mol. The second-order valence-electron chi connectivity index (χ2n) is 4.52. The normalized spacial score (nSPS) is 12.6. The summed E-state index contributed by atoms with van der Waals surface area (Å²) >= 11 is 2.20. The van der Waals surface area contributed by atoms with E-state index in [1.807, 2.05) is 12.1 Å². The molecule has 1 aliphatic rings. The lowest BCUT2D eigenvalue weighted by atomic mass is 10.3. The van der Waals surface area contributed by atoms with Crippen LogP contribution in [-0.4, -0.2) is 25.8 Å². The molecule has 0 atom stereocenters. The molecule has 1 aliphatic heterocycles. The summed E-state index contributed by atoms with van der Waals surface area (Å²) in [6.45, 7) is 0.853. The topological polar surface area (TPSA) is 54.0 Å². The van der Waals surface area contributed by atoms with E-state index in [1.54, 1.807) is 30.3 Å². The van der Waals surface area contributed by atoms with Crippen molar-refractivity contribution in [3.05, 3.63) is 46.0 Å². The van der Waals surface area contributed by atoms with Crippen molar-refractivity contribution in [2.45, 2.75) is 0 Å². The minimum absolute atomic E-state index is 0.158. The number of fused-ring (bicyclic) bond motifs is 1. The Kier molecular flexibility index (Phi) is 4.67. The Balaban J connectivity index is 1.56. The van der Waals surface area contributed by atoms with E-state index in [-0.39, 0.29) is 6.61 Å². The van der Waals surface area contributed by atoms with Gasteiger partial charge >= 0.3 is 5.97 Å². The first-order valence-electron chi connectivity index (χ1n) is 6.69. The summed E-state index contributed by atoms with van der Waals surface area (Å²) in [4.78, 5) is 11.8. The van der Waals surface area contributed by atoms with Gasteiger partial charge in [0.1, 0.15) is 24.7 Å². The van der Waals surface area contributed by atoms with Gasteiger partial charge in [-0.15, -0.1) is 0 Å². The lowest BCUT2D eigenvalue weighted by Gasteiger charge is -2.18. The molecular formula is C16H13IO5. The number of esters is 1. The number of benzene rings is 2. The van der Waals surface area contributed by atoms with Gasteiger partial charge < -0.3 is 18.9 Å². The number of carbonyl (C=O) groups is 1. The standard InChI is InChI=1S/C16H13IO5/c17-11-1-3-12(4-2-11)21-10-16(18)22-13-5-6-14-15(9-13)20-8-7-19-14/h1-6,9H,7-8,10H2. The summed E-state index contributed by atoms with van der Waals surface area (Å²) in [7, 11) is 0. The SMILES string of the molecule is O=C(COc1ccc(I)cc1)Oc1ccc2c(c1)OCCO2. The Morgan fingerprint density at radius 1 is 1.00 bits per heavy atom. The number of carbonyl (C=O) groups excluding carboxylic acids is 1. The van der Waals surface area contributed by atoms with Crippen molar-refractivity contribution in [2.75, 3.05) is 19.8 Å². The van der Waals surface area contributed by atoms with Gasteiger partial charge in [-0.3, -0.25) is 0 Å². The number of rotatable bonds is 4. The van der Waals surface area contributed by atoms with Gasteiger partial charge in [0.05, 0.1) is 0 Å². The van der Waals surface area contributed by atoms with Gasteiger partial charge in [0.15, 0.2) is 18.1 Å². The molecule has 0 aromatic heterocycles. The number of ether oxygens (including phenoxy) is 4. The summed E-state index contributed by atoms with van der Waals surface area (Å²) in [5.74, 6) is 1.78. The predicted octanol–water partition coefficient (Wildman–Crippen LogP) is 3.05. The lowest BCUT2D eigenvalue weighted by Crippen LogP contribution is -2.18. The van der Waals surface area contributed by atoms with E-state index in [4.69, 9.17) is 18.9 Å². The average Bonchev–Trinajstić information content (AvgIpc) is 2.54. The Morgan fingerprint density at radius 2 is 1.68 bits per heavy atom. The third-order valence-corrected chi connectivity index (χ3v) is 3.63. The summed E-state index contributed by atoms with van der Waals surface area (Å²) in [6.07, 6.45) is 0. The van der Waals surface area contributed by atoms with Gasteiger partial charge in [-0.2, -0.15) is 0 Å². The Bertz CT molecular complexity index is 669. The van der Waals surface area contributed by atoms with Gasteiger partial charge in [-0.25, -0.2) is 4.79 Å². The van der Waals surface area contributed by atoms with E-state index in [1.165, 1.54) is 0 Å². The molecule has 0 saturated carbocycles. The smallest absolute Gasteiger partial charge is 0.349 e. The van der Waals surface area contributed by atoms with Crippen LogP contribution in [0.3, 0.4) is 0 Å². The molecule has 1 heterocycles. The fourth-order valence-electron chi connectivity index (χ4n) is 1.92. The number of halogens is 1. The summed E-state index contributed by atoms with van der Waals surface area (Å²) in [6, 6.07) is 12.4. The third kappa shape index (κ3) is 3.82. The predicted molar refractivity (Wildman–Crippen MR) is 87.7 cm³/mol. The zero-order valence-corrected chi connectivity index (χ0v) is 13.7. The fourth-order valence-corrected chi connectivity index (χ4v) is 2.28. The van der Waals surface area contributed by atoms with E-state index in [0.717, 1.165) is 3.57 Å². The van der Waals surface area contributed by atoms with Crippen molar-refractivity contribution >= 4 is 28.6 Å². The molecule has 0 bridgehead atoms. The molecule has 3 rings (SSSR count). The monoisotopic (exact) mass is 412 g/mol. The highest BCUT2D eigenvalue weighted by molar-refractivity contribution is 14.1. The van der Waals surface area contributed by atoms with E-state index in [2.05, 4.69) is 22.6 Å². The molecule has 0 fully saturated rings. The maximum Gasteiger partial charge on any atom is 0.349 e. The first-order valence-corrected chi connectivity index (χ1v) is 7.77. The minimum atomic E-state index is -0.477. The van der Waals surface area contributed by atoms with Crippen molar-refractivity contribution in [3.63, 3.8) is 0 Å². The molecule has 22 heavy (non-hydrogen) atoms. The molecule has 0 unspecified atom stereocenters. The highest BCUT2D eigenvalue weighted by atomic mass is 127. The largest absolute Gasteiger partial charge is 0.486 e. The van der Waals surface area contributed by atoms with Gasteiger partial charge in [-0.05, 0) is 59.0 Å². The molecule has 6 heteroatoms. The van der Waals surface area contributed by atoms with E-state index >= 15 is 0 Å². The molecule has 0 N–H and O–H groups in total. The molecule has 2 aromatic rings. The van der Waals surface area contributed by atoms with E-state index in [9.17, 15) is 4.79 Å². The lowest BCUT2D eigenvalue weighted by molar-refractivity contribution is -0.136. The van der Waals surface area contributed by atoms with E-state index < -0.39 is 5.97 Å². The summed E-state index contributed by atoms with van der Waals surface area (Å²) in [5.41, 5.74) is 0. The molecule has 0 saturated heterocycles. The van der Waals surface area contributed by atoms with Crippen LogP contribution in [0.15, 0.2) is 42.5 Å². The van der Waals surface area contributed by atoms with Gasteiger partial charge in [0, 0.05) is 9.64 Å². The number of hydrogen-bond acceptors (Lipinski definition) is 5. The maximum absolute atomic E-state index is 11.8. The Hall–Kier alpha value is -1.96. The number of hydrogen-bond donors (Lipinski definition) is 0. The van der Waals surface area contributed by atoms with Crippen LogP contribution in [0, 0.1) is 3.57 Å². The van der Waals surface area contributed by atoms with Crippen LogP contribution in [0.5, 0.6) is 23.0 Å². The molecule has 0 aliphatic carbocycles. The fraction of sp³-hybridized carbons (Fsp3) is 0.188. The maximum atomic E-state index is 11.8. The molecule has 0 spiro atoms. The highest BCUT2D eigenvalue weighted by Gasteiger charge is 2.14. The summed E-state index contributed by atoms with van der Waals surface area (Å²) < 4.78 is 22.5. The highest BCUT2D eigenvalue weighted by Crippen LogP contribution is 2.33. The second-order valence-corrected chi connectivity index (χ2v) is 5.77. The summed E-state index contributed by atoms with van der Waals surface area (Å²) in [5, 5.41) is 0. The molecule has 2 aromatic carbocycles. The first-order chi connectivity index (χ1) is 10.7. The van der Waals surface area contributed by atoms with Crippen LogP contribution in [0.25, 0.3) is 0 Å². The van der Waals surface area contributed by atoms with Crippen molar-refractivity contribution in [1.29, 1.82) is 0 Å². The van der Waals surface area contributed by atoms with Crippen molar-refractivity contribution in [1.82, 2.24) is 0 Å². The van der Waals surface area contributed by atoms with Gasteiger partial charge in [0.25, 0.3) is 0 Å². The zero-order chi connectivity index (χ0) is 15.4. The second kappa shape index (κ2) is 6.87. The molecule has 5 nitrogen and oxygen atoms in total. The molecular weight excluding hydrogens is 399 g/mol. The van der Waals surface area contributed by atoms with Crippen LogP contribution in [0.2, 0.25) is 0 Å². The van der Waals surface area contributed by atoms with Crippen LogP contribution < -0.4 is 18.9 Å². The van der Waals surface area contributed by atoms with Crippen molar-refractivity contribution in [2.24, 2.45) is 0 Å². The molecule has 114 valence electrons. The van der Waals surface area contributed by atoms with Gasteiger partial charge in [-0.1, -0.05) is 0 Å². The quantitative estimate of drug-likeness (QED) is 0.439. The third-order valence-electron chi connectivity index (χ3n) is 2.92. The van der Waals surface area contributed by atoms with Crippen LogP contribution in [0.4, 0.5) is 0 Å². The molecule has 0 radical (unpaired) electrons. The van der Waals surface area contributed by atoms with Crippen LogP contribution in [0.1, 0.15) is 0 Å². The Morgan fingerprint density at radius 3 is 2.45 bits per heavy atom. The minimum Gasteiger partial charge on any atom is -0.486 e. The Labute approximate surface area is 141 Å². The first kappa shape index (κ1) is 15.0. The van der Waals surface area contributed by atoms with Crippen LogP contribution >= 0.6 is 22.6 Å². The van der Waals surface area contributed by atoms with Gasteiger partial charge in [0.2, 0.25) is 0 Å². The molecule has 0 amide bonds.